The second-order valence-electron chi connectivity index (χ2n) is 9.04. The van der Waals surface area contributed by atoms with Crippen LogP contribution in [-0.4, -0.2) is 65.0 Å². The van der Waals surface area contributed by atoms with Crippen molar-refractivity contribution >= 4 is 23.5 Å². The topological polar surface area (TPSA) is 90.8 Å². The Bertz CT molecular complexity index is 922. The number of carbonyl (C=O) groups is 1. The largest absolute Gasteiger partial charge is 0.513 e. The molecule has 1 aromatic carbocycles. The van der Waals surface area contributed by atoms with Crippen molar-refractivity contribution < 1.29 is 28.6 Å². The maximum Gasteiger partial charge on any atom is 0.513 e. The van der Waals surface area contributed by atoms with Crippen LogP contribution in [0.4, 0.5) is 4.79 Å². The molecule has 1 aliphatic heterocycles. The van der Waals surface area contributed by atoms with E-state index in [1.54, 1.807) is 0 Å². The van der Waals surface area contributed by atoms with Crippen LogP contribution in [0.25, 0.3) is 5.57 Å². The van der Waals surface area contributed by atoms with E-state index in [2.05, 4.69) is 35.7 Å². The molecule has 3 rings (SSSR count). The summed E-state index contributed by atoms with van der Waals surface area (Å²) in [5, 5.41) is 7.00. The van der Waals surface area contributed by atoms with Crippen molar-refractivity contribution in [2.45, 2.75) is 78.9 Å². The summed E-state index contributed by atoms with van der Waals surface area (Å²) in [6.07, 6.45) is 8.32. The van der Waals surface area contributed by atoms with Gasteiger partial charge in [0.05, 0.1) is 44.1 Å². The monoisotopic (exact) mass is 550 g/mol. The van der Waals surface area contributed by atoms with Gasteiger partial charge in [-0.3, -0.25) is 4.48 Å². The predicted octanol–water partition coefficient (Wildman–Crippen LogP) is 7.02. The Morgan fingerprint density at radius 3 is 2.42 bits per heavy atom. The van der Waals surface area contributed by atoms with E-state index < -0.39 is 12.4 Å². The van der Waals surface area contributed by atoms with Gasteiger partial charge in [0.2, 0.25) is 0 Å². The van der Waals surface area contributed by atoms with Gasteiger partial charge in [-0.05, 0) is 25.0 Å². The number of nitrogens with zero attached hydrogens (tertiary/aromatic N) is 3. The quantitative estimate of drug-likeness (QED) is 0.163. The van der Waals surface area contributed by atoms with Crippen LogP contribution in [0.2, 0.25) is 0 Å². The van der Waals surface area contributed by atoms with E-state index >= 15 is 0 Å². The summed E-state index contributed by atoms with van der Waals surface area (Å²) in [6, 6.07) is 9.90. The van der Waals surface area contributed by atoms with Gasteiger partial charge < -0.3 is 19.3 Å². The first-order valence-corrected chi connectivity index (χ1v) is 14.6. The molecule has 9 heteroatoms. The summed E-state index contributed by atoms with van der Waals surface area (Å²) in [6.45, 7) is 10.8. The molecule has 2 atom stereocenters. The molecule has 0 radical (unpaired) electrons. The molecular weight excluding hydrogens is 502 g/mol. The van der Waals surface area contributed by atoms with Gasteiger partial charge in [0.1, 0.15) is 12.2 Å². The SMILES string of the molecule is CC.CCCCCCOc1nsnc1C1=CCC[N+](C)(C(OC(=O)OCCCC)c2ccccc2)C1.CO. The average molecular weight is 551 g/mol. The summed E-state index contributed by atoms with van der Waals surface area (Å²) in [5.74, 6) is 0.609. The van der Waals surface area contributed by atoms with Crippen molar-refractivity contribution in [3.63, 3.8) is 0 Å². The average Bonchev–Trinajstić information content (AvgIpc) is 3.43. The Kier molecular flexibility index (Phi) is 17.3. The highest BCUT2D eigenvalue weighted by atomic mass is 32.1. The molecule has 38 heavy (non-hydrogen) atoms. The molecule has 2 heterocycles. The van der Waals surface area contributed by atoms with Gasteiger partial charge in [-0.15, -0.1) is 4.37 Å². The van der Waals surface area contributed by atoms with E-state index in [4.69, 9.17) is 19.3 Å². The highest BCUT2D eigenvalue weighted by Crippen LogP contribution is 2.37. The van der Waals surface area contributed by atoms with Crippen molar-refractivity contribution in [3.8, 4) is 5.88 Å². The third kappa shape index (κ3) is 10.7. The zero-order chi connectivity index (χ0) is 28.2. The molecule has 214 valence electrons. The predicted molar refractivity (Wildman–Crippen MR) is 154 cm³/mol. The lowest BCUT2D eigenvalue weighted by molar-refractivity contribution is -0.953. The van der Waals surface area contributed by atoms with E-state index in [1.807, 2.05) is 44.2 Å². The Hall–Kier alpha value is -2.49. The van der Waals surface area contributed by atoms with E-state index in [9.17, 15) is 4.79 Å². The molecule has 0 fully saturated rings. The van der Waals surface area contributed by atoms with Crippen LogP contribution in [0.5, 0.6) is 5.88 Å². The Labute approximate surface area is 233 Å². The Morgan fingerprint density at radius 2 is 1.74 bits per heavy atom. The summed E-state index contributed by atoms with van der Waals surface area (Å²) in [7, 11) is 3.12. The number of aliphatic hydroxyl groups excluding tert-OH is 1. The number of quaternary nitrogens is 1. The van der Waals surface area contributed by atoms with Gasteiger partial charge in [0.15, 0.2) is 0 Å². The first-order valence-electron chi connectivity index (χ1n) is 13.9. The van der Waals surface area contributed by atoms with Crippen molar-refractivity contribution in [2.75, 3.05) is 40.5 Å². The molecular formula is C29H48N3O5S+. The van der Waals surface area contributed by atoms with Crippen LogP contribution in [0.3, 0.4) is 0 Å². The van der Waals surface area contributed by atoms with Crippen LogP contribution < -0.4 is 4.74 Å². The van der Waals surface area contributed by atoms with Crippen LogP contribution in [0.1, 0.15) is 90.1 Å². The van der Waals surface area contributed by atoms with Crippen molar-refractivity contribution in [2.24, 2.45) is 0 Å². The van der Waals surface area contributed by atoms with Gasteiger partial charge in [-0.25, -0.2) is 4.79 Å². The van der Waals surface area contributed by atoms with Crippen LogP contribution in [0, 0.1) is 0 Å². The number of hydrogen-bond acceptors (Lipinski definition) is 8. The molecule has 0 amide bonds. The van der Waals surface area contributed by atoms with Gasteiger partial charge in [0.25, 0.3) is 12.1 Å². The number of aliphatic hydroxyl groups is 1. The van der Waals surface area contributed by atoms with E-state index in [0.717, 1.165) is 62.6 Å². The standard InChI is InChI=1S/C26H38N3O4S.C2H6.CH4O/c1-4-6-8-12-19-31-24-23(27-34-28-24)22-16-13-17-29(3,20-22)25(21-14-10-9-11-15-21)33-26(30)32-18-7-5-2;2*1-2/h9-11,14-16,25H,4-8,12-13,17-20H2,1-3H3;1-2H3;2H,1H3/q+1;;. The number of ether oxygens (including phenoxy) is 3. The fraction of sp³-hybridized carbons (Fsp3) is 0.621. The number of carbonyl (C=O) groups excluding carboxylic acids is 1. The lowest BCUT2D eigenvalue weighted by atomic mass is 10.0. The molecule has 0 saturated carbocycles. The van der Waals surface area contributed by atoms with Crippen molar-refractivity contribution in [3.05, 3.63) is 47.7 Å². The van der Waals surface area contributed by atoms with E-state index in [0.29, 0.717) is 30.1 Å². The van der Waals surface area contributed by atoms with Crippen molar-refractivity contribution in [1.29, 1.82) is 0 Å². The van der Waals surface area contributed by atoms with Crippen molar-refractivity contribution in [1.82, 2.24) is 8.75 Å². The maximum absolute atomic E-state index is 12.5. The van der Waals surface area contributed by atoms with Gasteiger partial charge in [-0.1, -0.05) is 77.7 Å². The van der Waals surface area contributed by atoms with Crippen LogP contribution >= 0.6 is 11.7 Å². The fourth-order valence-electron chi connectivity index (χ4n) is 4.20. The summed E-state index contributed by atoms with van der Waals surface area (Å²) in [4.78, 5) is 12.5. The summed E-state index contributed by atoms with van der Waals surface area (Å²) in [5.41, 5.74) is 2.83. The zero-order valence-electron chi connectivity index (χ0n) is 24.1. The van der Waals surface area contributed by atoms with Crippen LogP contribution in [0.15, 0.2) is 36.4 Å². The lowest BCUT2D eigenvalue weighted by Crippen LogP contribution is -2.51. The van der Waals surface area contributed by atoms with Gasteiger partial charge in [0, 0.05) is 19.1 Å². The second-order valence-corrected chi connectivity index (χ2v) is 9.57. The maximum atomic E-state index is 12.5. The molecule has 1 aliphatic rings. The van der Waals surface area contributed by atoms with Gasteiger partial charge in [-0.2, -0.15) is 4.37 Å². The summed E-state index contributed by atoms with van der Waals surface area (Å²) >= 11 is 1.18. The number of benzene rings is 1. The highest BCUT2D eigenvalue weighted by molar-refractivity contribution is 6.99. The summed E-state index contributed by atoms with van der Waals surface area (Å²) < 4.78 is 26.7. The molecule has 8 nitrogen and oxygen atoms in total. The number of unbranched alkanes of at least 4 members (excludes halogenated alkanes) is 4. The Morgan fingerprint density at radius 1 is 1.03 bits per heavy atom. The fourth-order valence-corrected chi connectivity index (χ4v) is 4.74. The third-order valence-corrected chi connectivity index (χ3v) is 6.65. The molecule has 0 aliphatic carbocycles. The Balaban J connectivity index is 0.00000172. The molecule has 0 bridgehead atoms. The number of likely N-dealkylation sites (N-methyl/N-ethyl adjacent to an activating group) is 1. The molecule has 2 aromatic rings. The minimum Gasteiger partial charge on any atom is -0.475 e. The van der Waals surface area contributed by atoms with E-state index in [-0.39, 0.29) is 0 Å². The minimum atomic E-state index is -0.621. The number of rotatable bonds is 13. The van der Waals surface area contributed by atoms with E-state index in [1.165, 1.54) is 24.6 Å². The smallest absolute Gasteiger partial charge is 0.475 e. The zero-order valence-corrected chi connectivity index (χ0v) is 25.0. The molecule has 1 aromatic heterocycles. The first kappa shape index (κ1) is 33.5. The molecule has 1 N–H and O–H groups in total. The number of aromatic nitrogens is 2. The normalized spacial score (nSPS) is 17.1. The minimum absolute atomic E-state index is 0.370. The number of hydrogen-bond donors (Lipinski definition) is 1. The molecule has 0 spiro atoms. The molecule has 0 saturated heterocycles. The van der Waals surface area contributed by atoms with Crippen LogP contribution in [-0.2, 0) is 9.47 Å². The second kappa shape index (κ2) is 19.6. The molecule has 2 unspecified atom stereocenters. The highest BCUT2D eigenvalue weighted by Gasteiger charge is 2.41. The lowest BCUT2D eigenvalue weighted by Gasteiger charge is -2.42. The first-order chi connectivity index (χ1) is 18.6. The van der Waals surface area contributed by atoms with Gasteiger partial charge >= 0.3 is 6.16 Å². The third-order valence-electron chi connectivity index (χ3n) is 6.14.